The van der Waals surface area contributed by atoms with Crippen molar-refractivity contribution >= 4 is 5.96 Å². The zero-order valence-corrected chi connectivity index (χ0v) is 15.6. The fourth-order valence-electron chi connectivity index (χ4n) is 3.29. The summed E-state index contributed by atoms with van der Waals surface area (Å²) in [7, 11) is 4.42. The van der Waals surface area contributed by atoms with Crippen LogP contribution in [0.3, 0.4) is 0 Å². The highest BCUT2D eigenvalue weighted by Gasteiger charge is 2.53. The van der Waals surface area contributed by atoms with E-state index in [-0.39, 0.29) is 5.54 Å². The Labute approximate surface area is 136 Å². The van der Waals surface area contributed by atoms with Gasteiger partial charge in [-0.25, -0.2) is 0 Å². The minimum Gasteiger partial charge on any atom is -0.356 e. The van der Waals surface area contributed by atoms with E-state index in [1.165, 1.54) is 0 Å². The lowest BCUT2D eigenvalue weighted by molar-refractivity contribution is -0.0668. The van der Waals surface area contributed by atoms with Gasteiger partial charge < -0.3 is 15.1 Å². The van der Waals surface area contributed by atoms with Gasteiger partial charge in [0.1, 0.15) is 0 Å². The molecule has 1 atom stereocenters. The molecule has 0 spiro atoms. The van der Waals surface area contributed by atoms with Crippen LogP contribution >= 0.6 is 0 Å². The van der Waals surface area contributed by atoms with Gasteiger partial charge in [-0.3, -0.25) is 9.89 Å². The van der Waals surface area contributed by atoms with Crippen LogP contribution in [-0.4, -0.2) is 85.6 Å². The number of nitrogens with one attached hydrogen (secondary N) is 1. The van der Waals surface area contributed by atoms with Crippen molar-refractivity contribution in [3.63, 3.8) is 0 Å². The first-order valence-corrected chi connectivity index (χ1v) is 8.64. The molecule has 2 saturated heterocycles. The van der Waals surface area contributed by atoms with Gasteiger partial charge in [-0.1, -0.05) is 13.8 Å². The second-order valence-corrected chi connectivity index (χ2v) is 8.12. The van der Waals surface area contributed by atoms with Gasteiger partial charge in [-0.15, -0.1) is 0 Å². The molecule has 2 heterocycles. The molecular formula is C17H35N5. The minimum absolute atomic E-state index is 0.156. The van der Waals surface area contributed by atoms with E-state index in [2.05, 4.69) is 68.7 Å². The predicted octanol–water partition coefficient (Wildman–Crippen LogP) is 1.32. The first kappa shape index (κ1) is 17.5. The summed E-state index contributed by atoms with van der Waals surface area (Å²) < 4.78 is 0. The molecule has 0 aromatic rings. The summed E-state index contributed by atoms with van der Waals surface area (Å²) in [6.45, 7) is 17.7. The summed E-state index contributed by atoms with van der Waals surface area (Å²) in [4.78, 5) is 12.3. The zero-order chi connectivity index (χ0) is 16.5. The fraction of sp³-hybridized carbons (Fsp3) is 0.941. The normalized spacial score (nSPS) is 29.3. The predicted molar refractivity (Wildman–Crippen MR) is 94.5 cm³/mol. The molecule has 0 bridgehead atoms. The fourth-order valence-corrected chi connectivity index (χ4v) is 3.29. The van der Waals surface area contributed by atoms with Crippen LogP contribution in [-0.2, 0) is 0 Å². The van der Waals surface area contributed by atoms with Crippen LogP contribution in [0.25, 0.3) is 0 Å². The van der Waals surface area contributed by atoms with E-state index < -0.39 is 0 Å². The summed E-state index contributed by atoms with van der Waals surface area (Å²) in [5, 5.41) is 3.49. The van der Waals surface area contributed by atoms with Gasteiger partial charge in [0.2, 0.25) is 0 Å². The largest absolute Gasteiger partial charge is 0.356 e. The van der Waals surface area contributed by atoms with E-state index in [4.69, 9.17) is 4.99 Å². The Hall–Kier alpha value is -0.810. The van der Waals surface area contributed by atoms with E-state index >= 15 is 0 Å². The number of hydrogen-bond acceptors (Lipinski definition) is 3. The molecule has 128 valence electrons. The van der Waals surface area contributed by atoms with Crippen LogP contribution in [0, 0.1) is 5.41 Å². The molecule has 5 heteroatoms. The van der Waals surface area contributed by atoms with Gasteiger partial charge in [0, 0.05) is 49.7 Å². The Morgan fingerprint density at radius 3 is 2.41 bits per heavy atom. The number of hydrogen-bond donors (Lipinski definition) is 1. The molecule has 0 aromatic carbocycles. The molecule has 0 aliphatic carbocycles. The number of likely N-dealkylation sites (N-methyl/N-ethyl adjacent to an activating group) is 2. The lowest BCUT2D eigenvalue weighted by atomic mass is 9.65. The number of piperazine rings is 1. The average molecular weight is 310 g/mol. The van der Waals surface area contributed by atoms with Gasteiger partial charge in [0.15, 0.2) is 5.96 Å². The van der Waals surface area contributed by atoms with Crippen LogP contribution < -0.4 is 5.32 Å². The quantitative estimate of drug-likeness (QED) is 0.630. The summed E-state index contributed by atoms with van der Waals surface area (Å²) >= 11 is 0. The number of aliphatic imine (C=N–C) groups is 1. The lowest BCUT2D eigenvalue weighted by Gasteiger charge is -2.62. The van der Waals surface area contributed by atoms with Crippen LogP contribution in [0.15, 0.2) is 4.99 Å². The molecule has 22 heavy (non-hydrogen) atoms. The van der Waals surface area contributed by atoms with E-state index in [9.17, 15) is 0 Å². The van der Waals surface area contributed by atoms with Gasteiger partial charge in [-0.05, 0) is 34.9 Å². The smallest absolute Gasteiger partial charge is 0.194 e. The number of likely N-dealkylation sites (tertiary alicyclic amines) is 1. The van der Waals surface area contributed by atoms with Crippen molar-refractivity contribution in [1.29, 1.82) is 0 Å². The summed E-state index contributed by atoms with van der Waals surface area (Å²) in [6, 6.07) is 0.518. The summed E-state index contributed by atoms with van der Waals surface area (Å²) in [5.41, 5.74) is 0.494. The van der Waals surface area contributed by atoms with Crippen LogP contribution in [0.4, 0.5) is 0 Å². The third kappa shape index (κ3) is 3.25. The van der Waals surface area contributed by atoms with Crippen molar-refractivity contribution in [3.8, 4) is 0 Å². The Bertz CT molecular complexity index is 415. The Kier molecular flexibility index (Phi) is 5.07. The first-order valence-electron chi connectivity index (χ1n) is 8.64. The van der Waals surface area contributed by atoms with Crippen LogP contribution in [0.5, 0.6) is 0 Å². The van der Waals surface area contributed by atoms with Crippen molar-refractivity contribution in [2.24, 2.45) is 10.4 Å². The van der Waals surface area contributed by atoms with Crippen LogP contribution in [0.1, 0.15) is 34.6 Å². The van der Waals surface area contributed by atoms with E-state index in [0.29, 0.717) is 11.5 Å². The second kappa shape index (κ2) is 6.36. The third-order valence-corrected chi connectivity index (χ3v) is 5.91. The SMILES string of the molecule is CCNC(=NCC1CN(C)CCN1C)N1CC(C)(C)C1(C)C. The van der Waals surface area contributed by atoms with E-state index in [1.807, 2.05) is 0 Å². The Morgan fingerprint density at radius 1 is 1.18 bits per heavy atom. The van der Waals surface area contributed by atoms with Gasteiger partial charge in [-0.2, -0.15) is 0 Å². The number of rotatable bonds is 3. The monoisotopic (exact) mass is 309 g/mol. The number of guanidine groups is 1. The molecule has 0 radical (unpaired) electrons. The first-order chi connectivity index (χ1) is 10.2. The standard InChI is InChI=1S/C17H35N5/c1-8-18-15(22-13-16(2,3)17(22,4)5)19-11-14-12-20(6)9-10-21(14)7/h14H,8-13H2,1-7H3,(H,18,19). The average Bonchev–Trinajstić information content (AvgIpc) is 2.44. The maximum atomic E-state index is 4.97. The molecule has 1 N–H and O–H groups in total. The van der Waals surface area contributed by atoms with Gasteiger partial charge >= 0.3 is 0 Å². The third-order valence-electron chi connectivity index (χ3n) is 5.91. The zero-order valence-electron chi connectivity index (χ0n) is 15.6. The maximum Gasteiger partial charge on any atom is 0.194 e. The molecule has 0 aromatic heterocycles. The minimum atomic E-state index is 0.156. The summed E-state index contributed by atoms with van der Waals surface area (Å²) in [5.74, 6) is 1.08. The van der Waals surface area contributed by atoms with Crippen molar-refractivity contribution in [3.05, 3.63) is 0 Å². The molecular weight excluding hydrogens is 274 g/mol. The molecule has 2 aliphatic rings. The highest BCUT2D eigenvalue weighted by molar-refractivity contribution is 5.82. The van der Waals surface area contributed by atoms with E-state index in [0.717, 1.165) is 45.2 Å². The molecule has 0 saturated carbocycles. The highest BCUT2D eigenvalue weighted by Crippen LogP contribution is 2.46. The molecule has 1 unspecified atom stereocenters. The molecule has 0 amide bonds. The summed E-state index contributed by atoms with van der Waals surface area (Å²) in [6.07, 6.45) is 0. The van der Waals surface area contributed by atoms with Crippen molar-refractivity contribution in [1.82, 2.24) is 20.0 Å². The Morgan fingerprint density at radius 2 is 1.86 bits per heavy atom. The molecule has 2 fully saturated rings. The van der Waals surface area contributed by atoms with Crippen molar-refractivity contribution < 1.29 is 0 Å². The number of nitrogens with zero attached hydrogens (tertiary/aromatic N) is 4. The van der Waals surface area contributed by atoms with Crippen molar-refractivity contribution in [2.45, 2.75) is 46.2 Å². The van der Waals surface area contributed by atoms with Crippen LogP contribution in [0.2, 0.25) is 0 Å². The second-order valence-electron chi connectivity index (χ2n) is 8.12. The highest BCUT2D eigenvalue weighted by atomic mass is 15.4. The Balaban J connectivity index is 2.05. The molecule has 2 rings (SSSR count). The van der Waals surface area contributed by atoms with Gasteiger partial charge in [0.05, 0.1) is 6.54 Å². The lowest BCUT2D eigenvalue weighted by Crippen LogP contribution is -2.72. The molecule has 5 nitrogen and oxygen atoms in total. The maximum absolute atomic E-state index is 4.97. The molecule has 2 aliphatic heterocycles. The topological polar surface area (TPSA) is 34.1 Å². The van der Waals surface area contributed by atoms with Crippen molar-refractivity contribution in [2.75, 3.05) is 53.4 Å². The van der Waals surface area contributed by atoms with E-state index in [1.54, 1.807) is 0 Å². The van der Waals surface area contributed by atoms with Gasteiger partial charge in [0.25, 0.3) is 0 Å².